The average molecular weight is 498 g/mol. The maximum Gasteiger partial charge on any atom is 0.408 e. The Kier molecular flexibility index (Phi) is 12.1. The number of methoxy groups -OCH3 is 1. The molecule has 0 heterocycles. The summed E-state index contributed by atoms with van der Waals surface area (Å²) >= 11 is 0. The summed E-state index contributed by atoms with van der Waals surface area (Å²) in [5.74, 6) is -1.21. The highest BCUT2D eigenvalue weighted by Gasteiger charge is 2.25. The molecule has 0 spiro atoms. The van der Waals surface area contributed by atoms with Crippen LogP contribution in [0.25, 0.3) is 0 Å². The van der Waals surface area contributed by atoms with Gasteiger partial charge in [-0.3, -0.25) is 14.4 Å². The summed E-state index contributed by atoms with van der Waals surface area (Å²) in [7, 11) is 1.41. The summed E-state index contributed by atoms with van der Waals surface area (Å²) in [4.78, 5) is 50.0. The van der Waals surface area contributed by atoms with Crippen LogP contribution in [0.3, 0.4) is 0 Å². The molecule has 9 nitrogen and oxygen atoms in total. The fraction of sp³-hybridized carbons (Fsp3) is 0.407. The molecule has 9 heteroatoms. The molecule has 36 heavy (non-hydrogen) atoms. The maximum absolute atomic E-state index is 12.8. The number of nitrogens with one attached hydrogen (secondary N) is 3. The van der Waals surface area contributed by atoms with Crippen molar-refractivity contribution in [2.75, 3.05) is 20.3 Å². The van der Waals surface area contributed by atoms with E-state index in [4.69, 9.17) is 9.47 Å². The van der Waals surface area contributed by atoms with E-state index >= 15 is 0 Å². The third kappa shape index (κ3) is 10.7. The summed E-state index contributed by atoms with van der Waals surface area (Å²) in [6, 6.07) is 16.8. The van der Waals surface area contributed by atoms with Gasteiger partial charge >= 0.3 is 6.09 Å². The number of ketones is 1. The first-order valence-corrected chi connectivity index (χ1v) is 11.9. The van der Waals surface area contributed by atoms with Crippen LogP contribution in [-0.4, -0.2) is 56.0 Å². The molecule has 2 unspecified atom stereocenters. The van der Waals surface area contributed by atoms with Gasteiger partial charge in [0.25, 0.3) is 0 Å². The van der Waals surface area contributed by atoms with E-state index < -0.39 is 30.0 Å². The second-order valence-corrected chi connectivity index (χ2v) is 8.82. The van der Waals surface area contributed by atoms with Gasteiger partial charge in [-0.25, -0.2) is 4.79 Å². The number of carbonyl (C=O) groups excluding carboxylic acids is 4. The van der Waals surface area contributed by atoms with Crippen molar-refractivity contribution in [2.45, 2.75) is 45.4 Å². The third-order valence-electron chi connectivity index (χ3n) is 5.24. The van der Waals surface area contributed by atoms with Crippen molar-refractivity contribution < 1.29 is 28.7 Å². The Hall–Kier alpha value is -3.72. The predicted molar refractivity (Wildman–Crippen MR) is 135 cm³/mol. The topological polar surface area (TPSA) is 123 Å². The SMILES string of the molecule is COCC(=O)C(Cc1ccccc1)NC(=O)CNC(=O)C(CC(C)C)NC(=O)OCc1ccccc1. The lowest BCUT2D eigenvalue weighted by atomic mass is 10.0. The summed E-state index contributed by atoms with van der Waals surface area (Å²) < 4.78 is 10.1. The molecule has 2 aromatic rings. The maximum atomic E-state index is 12.8. The molecule has 0 saturated carbocycles. The first-order valence-electron chi connectivity index (χ1n) is 11.9. The normalized spacial score (nSPS) is 12.3. The van der Waals surface area contributed by atoms with E-state index in [9.17, 15) is 19.2 Å². The lowest BCUT2D eigenvalue weighted by Crippen LogP contribution is -2.51. The Labute approximate surface area is 211 Å². The Morgan fingerprint density at radius 3 is 2.03 bits per heavy atom. The van der Waals surface area contributed by atoms with Crippen molar-refractivity contribution in [2.24, 2.45) is 5.92 Å². The smallest absolute Gasteiger partial charge is 0.408 e. The molecule has 2 aromatic carbocycles. The minimum atomic E-state index is -0.878. The fourth-order valence-corrected chi connectivity index (χ4v) is 3.48. The minimum absolute atomic E-state index is 0.0728. The van der Waals surface area contributed by atoms with Gasteiger partial charge in [-0.1, -0.05) is 74.5 Å². The van der Waals surface area contributed by atoms with E-state index in [1.807, 2.05) is 74.5 Å². The van der Waals surface area contributed by atoms with E-state index in [0.29, 0.717) is 12.8 Å². The second-order valence-electron chi connectivity index (χ2n) is 8.82. The number of ether oxygens (including phenoxy) is 2. The third-order valence-corrected chi connectivity index (χ3v) is 5.24. The number of carbonyl (C=O) groups is 4. The molecule has 3 amide bonds. The van der Waals surface area contributed by atoms with Gasteiger partial charge in [0.15, 0.2) is 5.78 Å². The van der Waals surface area contributed by atoms with Gasteiger partial charge in [0, 0.05) is 7.11 Å². The summed E-state index contributed by atoms with van der Waals surface area (Å²) in [6.45, 7) is 3.41. The van der Waals surface area contributed by atoms with E-state index in [1.54, 1.807) is 0 Å². The Bertz CT molecular complexity index is 982. The Morgan fingerprint density at radius 1 is 0.833 bits per heavy atom. The van der Waals surface area contributed by atoms with E-state index in [1.165, 1.54) is 7.11 Å². The van der Waals surface area contributed by atoms with Crippen molar-refractivity contribution in [1.82, 2.24) is 16.0 Å². The zero-order valence-electron chi connectivity index (χ0n) is 21.0. The first-order chi connectivity index (χ1) is 17.3. The molecular formula is C27H35N3O6. The molecule has 194 valence electrons. The Balaban J connectivity index is 1.90. The molecule has 3 N–H and O–H groups in total. The standard InChI is InChI=1S/C27H35N3O6/c1-19(2)14-23(30-27(34)36-17-21-12-8-5-9-13-21)26(33)28-16-25(32)29-22(24(31)18-35-3)15-20-10-6-4-7-11-20/h4-13,19,22-23H,14-18H2,1-3H3,(H,28,33)(H,29,32)(H,30,34). The van der Waals surface area contributed by atoms with Crippen LogP contribution < -0.4 is 16.0 Å². The van der Waals surface area contributed by atoms with E-state index in [2.05, 4.69) is 16.0 Å². The molecule has 0 aromatic heterocycles. The largest absolute Gasteiger partial charge is 0.445 e. The van der Waals surface area contributed by atoms with Crippen LogP contribution in [0, 0.1) is 5.92 Å². The van der Waals surface area contributed by atoms with Crippen LogP contribution in [0.5, 0.6) is 0 Å². The minimum Gasteiger partial charge on any atom is -0.445 e. The Morgan fingerprint density at radius 2 is 1.44 bits per heavy atom. The molecule has 0 aliphatic heterocycles. The molecule has 2 rings (SSSR count). The fourth-order valence-electron chi connectivity index (χ4n) is 3.48. The number of Topliss-reactive ketones (excluding diaryl/α,β-unsaturated/α-hetero) is 1. The molecule has 2 atom stereocenters. The van der Waals surface area contributed by atoms with Crippen LogP contribution in [-0.2, 0) is 36.9 Å². The van der Waals surface area contributed by atoms with E-state index in [0.717, 1.165) is 11.1 Å². The van der Waals surface area contributed by atoms with Crippen molar-refractivity contribution in [3.8, 4) is 0 Å². The average Bonchev–Trinajstić information content (AvgIpc) is 2.86. The molecule has 0 radical (unpaired) electrons. The lowest BCUT2D eigenvalue weighted by Gasteiger charge is -2.21. The number of hydrogen-bond donors (Lipinski definition) is 3. The van der Waals surface area contributed by atoms with Gasteiger partial charge in [-0.05, 0) is 29.9 Å². The zero-order chi connectivity index (χ0) is 26.3. The van der Waals surface area contributed by atoms with Gasteiger partial charge in [0.1, 0.15) is 19.3 Å². The highest BCUT2D eigenvalue weighted by molar-refractivity contribution is 5.93. The molecule has 0 fully saturated rings. The summed E-state index contributed by atoms with van der Waals surface area (Å²) in [6.07, 6.45) is -0.0677. The lowest BCUT2D eigenvalue weighted by molar-refractivity contribution is -0.130. The number of hydrogen-bond acceptors (Lipinski definition) is 6. The number of alkyl carbamates (subject to hydrolysis) is 1. The van der Waals surface area contributed by atoms with Gasteiger partial charge < -0.3 is 25.4 Å². The van der Waals surface area contributed by atoms with Gasteiger partial charge in [-0.15, -0.1) is 0 Å². The summed E-state index contributed by atoms with van der Waals surface area (Å²) in [5.41, 5.74) is 1.70. The van der Waals surface area contributed by atoms with Crippen LogP contribution in [0.4, 0.5) is 4.79 Å². The molecule has 0 aliphatic rings. The number of amides is 3. The molecular weight excluding hydrogens is 462 g/mol. The van der Waals surface area contributed by atoms with Crippen LogP contribution >= 0.6 is 0 Å². The van der Waals surface area contributed by atoms with Crippen molar-refractivity contribution in [3.63, 3.8) is 0 Å². The van der Waals surface area contributed by atoms with Gasteiger partial charge in [0.2, 0.25) is 11.8 Å². The van der Waals surface area contributed by atoms with Gasteiger partial charge in [0.05, 0.1) is 12.6 Å². The van der Waals surface area contributed by atoms with Crippen molar-refractivity contribution >= 4 is 23.7 Å². The molecule has 0 aliphatic carbocycles. The summed E-state index contributed by atoms with van der Waals surface area (Å²) in [5, 5.41) is 7.79. The predicted octanol–water partition coefficient (Wildman–Crippen LogP) is 2.39. The number of rotatable bonds is 14. The van der Waals surface area contributed by atoms with Crippen molar-refractivity contribution in [1.29, 1.82) is 0 Å². The first kappa shape index (κ1) is 28.5. The number of benzene rings is 2. The monoisotopic (exact) mass is 497 g/mol. The van der Waals surface area contributed by atoms with Crippen LogP contribution in [0.2, 0.25) is 0 Å². The van der Waals surface area contributed by atoms with Crippen molar-refractivity contribution in [3.05, 3.63) is 71.8 Å². The zero-order valence-corrected chi connectivity index (χ0v) is 21.0. The molecule has 0 saturated heterocycles. The van der Waals surface area contributed by atoms with Gasteiger partial charge in [-0.2, -0.15) is 0 Å². The highest BCUT2D eigenvalue weighted by Crippen LogP contribution is 2.07. The highest BCUT2D eigenvalue weighted by atomic mass is 16.5. The van der Waals surface area contributed by atoms with Crippen LogP contribution in [0.1, 0.15) is 31.4 Å². The second kappa shape index (κ2) is 15.3. The molecule has 0 bridgehead atoms. The quantitative estimate of drug-likeness (QED) is 0.368. The van der Waals surface area contributed by atoms with E-state index in [-0.39, 0.29) is 31.5 Å². The van der Waals surface area contributed by atoms with Crippen LogP contribution in [0.15, 0.2) is 60.7 Å².